The first-order valence-electron chi connectivity index (χ1n) is 4.68. The molecule has 2 nitrogen and oxygen atoms in total. The van der Waals surface area contributed by atoms with E-state index in [1.54, 1.807) is 19.1 Å². The number of aliphatic hydroxyl groups is 1. The maximum Gasteiger partial charge on any atom is 0.291 e. The third-order valence-corrected chi connectivity index (χ3v) is 2.55. The SMILES string of the molecule is Cc1cccc(C(C)(O)C(F)(F)CN)c1. The van der Waals surface area contributed by atoms with E-state index in [1.807, 2.05) is 0 Å². The highest BCUT2D eigenvalue weighted by Crippen LogP contribution is 2.36. The predicted octanol–water partition coefficient (Wildman–Crippen LogP) is 1.80. The van der Waals surface area contributed by atoms with Crippen LogP contribution in [0.5, 0.6) is 0 Å². The van der Waals surface area contributed by atoms with Gasteiger partial charge in [0.15, 0.2) is 5.60 Å². The van der Waals surface area contributed by atoms with Gasteiger partial charge in [-0.25, -0.2) is 8.78 Å². The summed E-state index contributed by atoms with van der Waals surface area (Å²) in [7, 11) is 0. The highest BCUT2D eigenvalue weighted by Gasteiger charge is 2.48. The van der Waals surface area contributed by atoms with E-state index in [0.717, 1.165) is 12.5 Å². The van der Waals surface area contributed by atoms with Gasteiger partial charge in [-0.3, -0.25) is 0 Å². The Kier molecular flexibility index (Phi) is 3.11. The molecule has 0 saturated heterocycles. The summed E-state index contributed by atoms with van der Waals surface area (Å²) >= 11 is 0. The molecule has 0 aliphatic rings. The Hall–Kier alpha value is -1.00. The van der Waals surface area contributed by atoms with Crippen LogP contribution in [0.2, 0.25) is 0 Å². The zero-order chi connectivity index (χ0) is 11.7. The molecule has 0 aliphatic heterocycles. The van der Waals surface area contributed by atoms with Crippen LogP contribution in [0, 0.1) is 6.92 Å². The average Bonchev–Trinajstić information content (AvgIpc) is 2.17. The van der Waals surface area contributed by atoms with Crippen LogP contribution in [-0.2, 0) is 5.60 Å². The Morgan fingerprint density at radius 2 is 2.00 bits per heavy atom. The molecule has 84 valence electrons. The van der Waals surface area contributed by atoms with Gasteiger partial charge in [-0.15, -0.1) is 0 Å². The molecule has 0 radical (unpaired) electrons. The largest absolute Gasteiger partial charge is 0.379 e. The van der Waals surface area contributed by atoms with Crippen LogP contribution < -0.4 is 5.73 Å². The normalized spacial score (nSPS) is 16.1. The van der Waals surface area contributed by atoms with Crippen LogP contribution in [-0.4, -0.2) is 17.6 Å². The molecule has 0 spiro atoms. The number of aryl methyl sites for hydroxylation is 1. The molecular formula is C11H15F2NO. The topological polar surface area (TPSA) is 46.2 Å². The summed E-state index contributed by atoms with van der Waals surface area (Å²) in [5, 5.41) is 9.81. The zero-order valence-electron chi connectivity index (χ0n) is 8.80. The number of hydrogen-bond donors (Lipinski definition) is 2. The van der Waals surface area contributed by atoms with E-state index in [4.69, 9.17) is 5.73 Å². The van der Waals surface area contributed by atoms with Gasteiger partial charge in [0, 0.05) is 0 Å². The van der Waals surface area contributed by atoms with Crippen molar-refractivity contribution < 1.29 is 13.9 Å². The summed E-state index contributed by atoms with van der Waals surface area (Å²) in [6.07, 6.45) is 0. The van der Waals surface area contributed by atoms with Crippen molar-refractivity contribution in [3.05, 3.63) is 35.4 Å². The van der Waals surface area contributed by atoms with Gasteiger partial charge in [0.1, 0.15) is 0 Å². The van der Waals surface area contributed by atoms with E-state index >= 15 is 0 Å². The fraction of sp³-hybridized carbons (Fsp3) is 0.455. The monoisotopic (exact) mass is 215 g/mol. The molecule has 3 N–H and O–H groups in total. The van der Waals surface area contributed by atoms with Crippen LogP contribution in [0.3, 0.4) is 0 Å². The summed E-state index contributed by atoms with van der Waals surface area (Å²) < 4.78 is 26.7. The Morgan fingerprint density at radius 1 is 1.40 bits per heavy atom. The minimum Gasteiger partial charge on any atom is -0.379 e. The highest BCUT2D eigenvalue weighted by atomic mass is 19.3. The lowest BCUT2D eigenvalue weighted by atomic mass is 9.88. The summed E-state index contributed by atoms with van der Waals surface area (Å²) in [6, 6.07) is 6.41. The fourth-order valence-corrected chi connectivity index (χ4v) is 1.36. The highest BCUT2D eigenvalue weighted by molar-refractivity contribution is 5.29. The van der Waals surface area contributed by atoms with Crippen LogP contribution in [0.1, 0.15) is 18.1 Å². The van der Waals surface area contributed by atoms with Crippen LogP contribution in [0.25, 0.3) is 0 Å². The minimum atomic E-state index is -3.33. The molecule has 1 rings (SSSR count). The van der Waals surface area contributed by atoms with Gasteiger partial charge in [-0.2, -0.15) is 0 Å². The van der Waals surface area contributed by atoms with Gasteiger partial charge in [0.25, 0.3) is 5.92 Å². The number of hydrogen-bond acceptors (Lipinski definition) is 2. The van der Waals surface area contributed by atoms with Crippen LogP contribution in [0.15, 0.2) is 24.3 Å². The Morgan fingerprint density at radius 3 is 2.47 bits per heavy atom. The molecule has 0 aliphatic carbocycles. The molecule has 1 unspecified atom stereocenters. The molecule has 1 atom stereocenters. The maximum absolute atomic E-state index is 13.4. The van der Waals surface area contributed by atoms with Crippen molar-refractivity contribution in [1.82, 2.24) is 0 Å². The van der Waals surface area contributed by atoms with Crippen molar-refractivity contribution >= 4 is 0 Å². The summed E-state index contributed by atoms with van der Waals surface area (Å²) in [5.74, 6) is -3.33. The lowest BCUT2D eigenvalue weighted by Gasteiger charge is -2.32. The molecule has 0 heterocycles. The molecule has 15 heavy (non-hydrogen) atoms. The first-order valence-corrected chi connectivity index (χ1v) is 4.68. The number of alkyl halides is 2. The maximum atomic E-state index is 13.4. The van der Waals surface area contributed by atoms with Gasteiger partial charge >= 0.3 is 0 Å². The molecular weight excluding hydrogens is 200 g/mol. The number of nitrogens with two attached hydrogens (primary N) is 1. The van der Waals surface area contributed by atoms with Crippen molar-refractivity contribution in [3.63, 3.8) is 0 Å². The predicted molar refractivity (Wildman–Crippen MR) is 54.8 cm³/mol. The second-order valence-electron chi connectivity index (χ2n) is 3.85. The molecule has 0 fully saturated rings. The molecule has 0 amide bonds. The molecule has 1 aromatic rings. The van der Waals surface area contributed by atoms with Crippen LogP contribution >= 0.6 is 0 Å². The van der Waals surface area contributed by atoms with Gasteiger partial charge in [0.2, 0.25) is 0 Å². The average molecular weight is 215 g/mol. The van der Waals surface area contributed by atoms with Gasteiger partial charge in [-0.1, -0.05) is 29.8 Å². The molecule has 1 aromatic carbocycles. The van der Waals surface area contributed by atoms with Crippen molar-refractivity contribution in [2.75, 3.05) is 6.54 Å². The number of rotatable bonds is 3. The van der Waals surface area contributed by atoms with Gasteiger partial charge in [-0.05, 0) is 19.4 Å². The summed E-state index contributed by atoms with van der Waals surface area (Å²) in [6.45, 7) is 1.97. The summed E-state index contributed by atoms with van der Waals surface area (Å²) in [4.78, 5) is 0. The van der Waals surface area contributed by atoms with E-state index < -0.39 is 18.1 Å². The molecule has 0 aromatic heterocycles. The van der Waals surface area contributed by atoms with Gasteiger partial charge in [0.05, 0.1) is 6.54 Å². The van der Waals surface area contributed by atoms with E-state index in [0.29, 0.717) is 0 Å². The van der Waals surface area contributed by atoms with Crippen molar-refractivity contribution in [2.24, 2.45) is 5.73 Å². The number of halogens is 2. The summed E-state index contributed by atoms with van der Waals surface area (Å²) in [5.41, 5.74) is 3.73. The van der Waals surface area contributed by atoms with E-state index in [-0.39, 0.29) is 5.56 Å². The van der Waals surface area contributed by atoms with E-state index in [1.165, 1.54) is 12.1 Å². The molecule has 0 saturated carbocycles. The lowest BCUT2D eigenvalue weighted by Crippen LogP contribution is -2.48. The second kappa shape index (κ2) is 3.87. The Balaban J connectivity index is 3.16. The van der Waals surface area contributed by atoms with Gasteiger partial charge < -0.3 is 10.8 Å². The van der Waals surface area contributed by atoms with Crippen molar-refractivity contribution in [1.29, 1.82) is 0 Å². The number of benzene rings is 1. The Labute approximate surface area is 87.7 Å². The molecule has 4 heteroatoms. The third kappa shape index (κ3) is 2.16. The standard InChI is InChI=1S/C11H15F2NO/c1-8-4-3-5-9(6-8)10(2,15)11(12,13)7-14/h3-6,15H,7,14H2,1-2H3. The first kappa shape index (κ1) is 12.1. The minimum absolute atomic E-state index is 0.179. The molecule has 0 bridgehead atoms. The fourth-order valence-electron chi connectivity index (χ4n) is 1.36. The lowest BCUT2D eigenvalue weighted by molar-refractivity contribution is -0.170. The quantitative estimate of drug-likeness (QED) is 0.807. The zero-order valence-corrected chi connectivity index (χ0v) is 8.80. The smallest absolute Gasteiger partial charge is 0.291 e. The third-order valence-electron chi connectivity index (χ3n) is 2.55. The van der Waals surface area contributed by atoms with E-state index in [9.17, 15) is 13.9 Å². The Bertz CT molecular complexity index is 350. The van der Waals surface area contributed by atoms with Crippen molar-refractivity contribution in [2.45, 2.75) is 25.4 Å². The second-order valence-corrected chi connectivity index (χ2v) is 3.85. The first-order chi connectivity index (χ1) is 6.81. The van der Waals surface area contributed by atoms with Crippen molar-refractivity contribution in [3.8, 4) is 0 Å². The van der Waals surface area contributed by atoms with E-state index in [2.05, 4.69) is 0 Å². The van der Waals surface area contributed by atoms with Crippen LogP contribution in [0.4, 0.5) is 8.78 Å².